The Morgan fingerprint density at radius 1 is 1.29 bits per heavy atom. The topological polar surface area (TPSA) is 37.8 Å². The van der Waals surface area contributed by atoms with Gasteiger partial charge in [0.05, 0.1) is 10.3 Å². The molecule has 2 rings (SSSR count). The Morgan fingerprint density at radius 2 is 2.12 bits per heavy atom. The molecular weight excluding hydrogens is 318 g/mol. The molecule has 0 aromatic carbocycles. The van der Waals surface area contributed by atoms with Crippen molar-refractivity contribution in [2.75, 3.05) is 5.32 Å². The Balaban J connectivity index is 1.89. The van der Waals surface area contributed by atoms with E-state index in [9.17, 15) is 0 Å². The van der Waals surface area contributed by atoms with Crippen LogP contribution in [0, 0.1) is 5.92 Å². The number of halogens is 1. The van der Waals surface area contributed by atoms with Gasteiger partial charge in [-0.1, -0.05) is 25.2 Å². The van der Waals surface area contributed by atoms with Crippen molar-refractivity contribution in [2.24, 2.45) is 5.92 Å². The summed E-state index contributed by atoms with van der Waals surface area (Å²) in [6, 6.07) is 4.17. The van der Waals surface area contributed by atoms with Gasteiger partial charge in [-0.3, -0.25) is 0 Å². The van der Waals surface area contributed by atoms with Gasteiger partial charge in [-0.15, -0.1) is 21.5 Å². The quantitative estimate of drug-likeness (QED) is 0.893. The molecule has 2 aromatic rings. The number of rotatable bonds is 5. The number of thiophene rings is 1. The molecule has 0 radical (unpaired) electrons. The molecule has 0 amide bonds. The number of nitrogens with one attached hydrogen (secondary N) is 1. The van der Waals surface area contributed by atoms with Crippen LogP contribution in [0.1, 0.15) is 23.7 Å². The molecule has 0 aliphatic carbocycles. The van der Waals surface area contributed by atoms with Gasteiger partial charge in [-0.25, -0.2) is 0 Å². The third kappa shape index (κ3) is 4.04. The van der Waals surface area contributed by atoms with Gasteiger partial charge in [0.1, 0.15) is 5.01 Å². The van der Waals surface area contributed by atoms with Crippen molar-refractivity contribution in [1.29, 1.82) is 0 Å². The first kappa shape index (κ1) is 13.0. The number of hydrogen-bond acceptors (Lipinski definition) is 5. The summed E-state index contributed by atoms with van der Waals surface area (Å²) in [5.74, 6) is 0.629. The Morgan fingerprint density at radius 3 is 2.76 bits per heavy atom. The lowest BCUT2D eigenvalue weighted by atomic mass is 10.1. The lowest BCUT2D eigenvalue weighted by molar-refractivity contribution is 0.640. The van der Waals surface area contributed by atoms with Crippen molar-refractivity contribution < 1.29 is 0 Å². The Kier molecular flexibility index (Phi) is 4.53. The van der Waals surface area contributed by atoms with Crippen LogP contribution in [-0.2, 0) is 13.0 Å². The highest BCUT2D eigenvalue weighted by molar-refractivity contribution is 9.11. The van der Waals surface area contributed by atoms with E-state index in [1.54, 1.807) is 22.7 Å². The Hall–Kier alpha value is -0.460. The molecule has 1 N–H and O–H groups in total. The molecule has 0 saturated heterocycles. The summed E-state index contributed by atoms with van der Waals surface area (Å²) in [6.45, 7) is 5.20. The van der Waals surface area contributed by atoms with Gasteiger partial charge in [-0.05, 0) is 34.0 Å². The third-order valence-electron chi connectivity index (χ3n) is 2.09. The second kappa shape index (κ2) is 5.93. The molecule has 2 aromatic heterocycles. The third-order valence-corrected chi connectivity index (χ3v) is 4.62. The highest BCUT2D eigenvalue weighted by Gasteiger charge is 2.06. The molecule has 0 aliphatic rings. The van der Waals surface area contributed by atoms with Crippen LogP contribution in [0.15, 0.2) is 15.9 Å². The molecule has 0 unspecified atom stereocenters. The SMILES string of the molecule is CC(C)Cc1nnc(NCc2ccc(Br)s2)s1. The van der Waals surface area contributed by atoms with Gasteiger partial charge in [0.15, 0.2) is 0 Å². The van der Waals surface area contributed by atoms with Gasteiger partial charge in [0.25, 0.3) is 0 Å². The molecule has 0 spiro atoms. The molecule has 0 bridgehead atoms. The fourth-order valence-corrected chi connectivity index (χ4v) is 3.74. The summed E-state index contributed by atoms with van der Waals surface area (Å²) in [5.41, 5.74) is 0. The molecule has 6 heteroatoms. The van der Waals surface area contributed by atoms with Crippen molar-refractivity contribution >= 4 is 43.7 Å². The molecule has 0 atom stereocenters. The summed E-state index contributed by atoms with van der Waals surface area (Å²) < 4.78 is 1.16. The monoisotopic (exact) mass is 331 g/mol. The standard InChI is InChI=1S/C11H14BrN3S2/c1-7(2)5-10-14-15-11(17-10)13-6-8-3-4-9(12)16-8/h3-4,7H,5-6H2,1-2H3,(H,13,15). The van der Waals surface area contributed by atoms with Crippen LogP contribution >= 0.6 is 38.6 Å². The van der Waals surface area contributed by atoms with Crippen LogP contribution in [0.5, 0.6) is 0 Å². The summed E-state index contributed by atoms with van der Waals surface area (Å²) in [4.78, 5) is 1.29. The van der Waals surface area contributed by atoms with E-state index >= 15 is 0 Å². The van der Waals surface area contributed by atoms with E-state index in [1.807, 2.05) is 0 Å². The highest BCUT2D eigenvalue weighted by atomic mass is 79.9. The fourth-order valence-electron chi connectivity index (χ4n) is 1.37. The molecule has 3 nitrogen and oxygen atoms in total. The van der Waals surface area contributed by atoms with Gasteiger partial charge in [-0.2, -0.15) is 0 Å². The predicted octanol–water partition coefficient (Wildman–Crippen LogP) is 4.17. The fraction of sp³-hybridized carbons (Fsp3) is 0.455. The molecular formula is C11H14BrN3S2. The van der Waals surface area contributed by atoms with Gasteiger partial charge in [0.2, 0.25) is 5.13 Å². The second-order valence-electron chi connectivity index (χ2n) is 4.16. The zero-order valence-corrected chi connectivity index (χ0v) is 13.0. The van der Waals surface area contributed by atoms with Gasteiger partial charge in [0, 0.05) is 11.3 Å². The van der Waals surface area contributed by atoms with Crippen LogP contribution in [0.3, 0.4) is 0 Å². The normalized spacial score (nSPS) is 11.1. The lowest BCUT2D eigenvalue weighted by Gasteiger charge is -1.98. The minimum absolute atomic E-state index is 0.629. The Bertz CT molecular complexity index is 479. The van der Waals surface area contributed by atoms with Crippen molar-refractivity contribution in [3.8, 4) is 0 Å². The molecule has 0 saturated carbocycles. The zero-order valence-electron chi connectivity index (χ0n) is 9.74. The average Bonchev–Trinajstić information content (AvgIpc) is 2.84. The summed E-state index contributed by atoms with van der Waals surface area (Å²) in [7, 11) is 0. The first-order valence-electron chi connectivity index (χ1n) is 5.44. The van der Waals surface area contributed by atoms with E-state index in [4.69, 9.17) is 0 Å². The molecule has 0 fully saturated rings. The zero-order chi connectivity index (χ0) is 12.3. The largest absolute Gasteiger partial charge is 0.355 e. The second-order valence-corrected chi connectivity index (χ2v) is 7.77. The maximum Gasteiger partial charge on any atom is 0.205 e. The van der Waals surface area contributed by atoms with Crippen molar-refractivity contribution in [1.82, 2.24) is 10.2 Å². The van der Waals surface area contributed by atoms with Crippen LogP contribution in [0.4, 0.5) is 5.13 Å². The minimum Gasteiger partial charge on any atom is -0.355 e. The van der Waals surface area contributed by atoms with Gasteiger partial charge >= 0.3 is 0 Å². The van der Waals surface area contributed by atoms with Crippen molar-refractivity contribution in [2.45, 2.75) is 26.8 Å². The predicted molar refractivity (Wildman–Crippen MR) is 77.8 cm³/mol. The minimum atomic E-state index is 0.629. The van der Waals surface area contributed by atoms with E-state index in [2.05, 4.69) is 57.4 Å². The summed E-state index contributed by atoms with van der Waals surface area (Å²) in [6.07, 6.45) is 1.00. The van der Waals surface area contributed by atoms with Crippen molar-refractivity contribution in [3.05, 3.63) is 25.8 Å². The smallest absolute Gasteiger partial charge is 0.205 e. The highest BCUT2D eigenvalue weighted by Crippen LogP contribution is 2.24. The van der Waals surface area contributed by atoms with E-state index in [0.717, 1.165) is 26.9 Å². The maximum atomic E-state index is 4.17. The summed E-state index contributed by atoms with van der Waals surface area (Å²) in [5, 5.41) is 13.6. The average molecular weight is 332 g/mol. The molecule has 92 valence electrons. The van der Waals surface area contributed by atoms with Crippen LogP contribution < -0.4 is 5.32 Å². The Labute approximate surface area is 117 Å². The maximum absolute atomic E-state index is 4.17. The van der Waals surface area contributed by atoms with Crippen molar-refractivity contribution in [3.63, 3.8) is 0 Å². The van der Waals surface area contributed by atoms with E-state index in [-0.39, 0.29) is 0 Å². The first-order chi connectivity index (χ1) is 8.13. The number of nitrogens with zero attached hydrogens (tertiary/aromatic N) is 2. The van der Waals surface area contributed by atoms with Crippen LogP contribution in [0.2, 0.25) is 0 Å². The van der Waals surface area contributed by atoms with Gasteiger partial charge < -0.3 is 5.32 Å². The lowest BCUT2D eigenvalue weighted by Crippen LogP contribution is -1.96. The first-order valence-corrected chi connectivity index (χ1v) is 7.86. The van der Waals surface area contributed by atoms with E-state index in [0.29, 0.717) is 5.92 Å². The van der Waals surface area contributed by atoms with E-state index < -0.39 is 0 Å². The molecule has 17 heavy (non-hydrogen) atoms. The summed E-state index contributed by atoms with van der Waals surface area (Å²) >= 11 is 6.84. The number of anilines is 1. The molecule has 2 heterocycles. The van der Waals surface area contributed by atoms with Crippen LogP contribution in [0.25, 0.3) is 0 Å². The number of aromatic nitrogens is 2. The number of hydrogen-bond donors (Lipinski definition) is 1. The van der Waals surface area contributed by atoms with Crippen LogP contribution in [-0.4, -0.2) is 10.2 Å². The van der Waals surface area contributed by atoms with E-state index in [1.165, 1.54) is 4.88 Å². The molecule has 0 aliphatic heterocycles.